The summed E-state index contributed by atoms with van der Waals surface area (Å²) in [5, 5.41) is 0. The van der Waals surface area contributed by atoms with Crippen molar-refractivity contribution in [1.82, 2.24) is 4.90 Å². The number of carbonyl (C=O) groups is 3. The van der Waals surface area contributed by atoms with Crippen LogP contribution in [-0.4, -0.2) is 54.5 Å². The molecule has 0 aromatic carbocycles. The molecule has 0 bridgehead atoms. The highest BCUT2D eigenvalue weighted by molar-refractivity contribution is 5.95. The number of ether oxygens (including phenoxy) is 2. The Kier molecular flexibility index (Phi) is 8.45. The van der Waals surface area contributed by atoms with Crippen LogP contribution in [-0.2, 0) is 23.9 Å². The molecule has 5 aliphatic carbocycles. The topological polar surface area (TPSA) is 72.9 Å². The van der Waals surface area contributed by atoms with Crippen molar-refractivity contribution in [3.63, 3.8) is 0 Å². The van der Waals surface area contributed by atoms with Crippen LogP contribution in [0.15, 0.2) is 11.6 Å². The van der Waals surface area contributed by atoms with Gasteiger partial charge in [-0.15, -0.1) is 0 Å². The average molecular weight is 664 g/mol. The minimum absolute atomic E-state index is 0.00336. The molecule has 2 heterocycles. The number of fused-ring (bicyclic) bond motifs is 8. The molecule has 4 saturated carbocycles. The van der Waals surface area contributed by atoms with E-state index in [4.69, 9.17) is 9.47 Å². The summed E-state index contributed by atoms with van der Waals surface area (Å²) in [5.74, 6) is 1.05. The Labute approximate surface area is 290 Å². The number of hydrogen-bond donors (Lipinski definition) is 0. The van der Waals surface area contributed by atoms with Crippen molar-refractivity contribution in [1.29, 1.82) is 0 Å². The number of ketones is 1. The number of esters is 2. The lowest BCUT2D eigenvalue weighted by Gasteiger charge is -2.70. The van der Waals surface area contributed by atoms with Gasteiger partial charge in [-0.2, -0.15) is 0 Å². The standard InChI is InChI=1S/C42H65NO5/c1-27(44)48-34-15-16-40(6)33(37(34,2)3)14-17-42(8)35(40)32(45)24-29-30-25-39(5,19-18-38(30,4)20-21-41(29,42)7)36(46)47-26-28-12-11-23-43-22-10-9-13-31(28)43/h24,28,30-31,33-35H,9-23,25-26H2,1-8H3/t28-,30-,31+,33+,34+,35+,38-,39+,40+,41+,42+/m0/s1. The molecule has 0 spiro atoms. The van der Waals surface area contributed by atoms with Crippen molar-refractivity contribution < 1.29 is 23.9 Å². The maximum Gasteiger partial charge on any atom is 0.311 e. The van der Waals surface area contributed by atoms with Crippen molar-refractivity contribution in [2.24, 2.45) is 56.2 Å². The Bertz CT molecular complexity index is 1370. The van der Waals surface area contributed by atoms with Crippen LogP contribution in [0.25, 0.3) is 0 Å². The summed E-state index contributed by atoms with van der Waals surface area (Å²) >= 11 is 0. The van der Waals surface area contributed by atoms with Gasteiger partial charge in [0.15, 0.2) is 5.78 Å². The predicted molar refractivity (Wildman–Crippen MR) is 188 cm³/mol. The normalized spacial score (nSPS) is 48.4. The van der Waals surface area contributed by atoms with E-state index < -0.39 is 5.41 Å². The molecule has 7 aliphatic rings. The maximum absolute atomic E-state index is 14.8. The molecule has 0 amide bonds. The lowest BCUT2D eigenvalue weighted by Crippen LogP contribution is -2.66. The zero-order valence-electron chi connectivity index (χ0n) is 31.6. The zero-order chi connectivity index (χ0) is 34.5. The lowest BCUT2D eigenvalue weighted by molar-refractivity contribution is -0.210. The fourth-order valence-corrected chi connectivity index (χ4v) is 13.9. The van der Waals surface area contributed by atoms with E-state index in [9.17, 15) is 14.4 Å². The van der Waals surface area contributed by atoms with Gasteiger partial charge in [0.1, 0.15) is 6.10 Å². The summed E-state index contributed by atoms with van der Waals surface area (Å²) in [6.45, 7) is 21.0. The van der Waals surface area contributed by atoms with Crippen molar-refractivity contribution >= 4 is 17.7 Å². The number of allylic oxidation sites excluding steroid dienone is 2. The summed E-state index contributed by atoms with van der Waals surface area (Å²) in [5.41, 5.74) is 0.364. The van der Waals surface area contributed by atoms with Crippen LogP contribution in [0, 0.1) is 56.2 Å². The highest BCUT2D eigenvalue weighted by atomic mass is 16.5. The Hall–Kier alpha value is -1.69. The van der Waals surface area contributed by atoms with Crippen molar-refractivity contribution in [2.75, 3.05) is 19.7 Å². The van der Waals surface area contributed by atoms with Gasteiger partial charge in [-0.1, -0.05) is 53.5 Å². The second-order valence-electron chi connectivity index (χ2n) is 19.8. The molecule has 6 fully saturated rings. The Morgan fingerprint density at radius 2 is 1.58 bits per heavy atom. The molecule has 48 heavy (non-hydrogen) atoms. The summed E-state index contributed by atoms with van der Waals surface area (Å²) < 4.78 is 12.2. The first kappa shape index (κ1) is 34.7. The third-order valence-electron chi connectivity index (χ3n) is 17.0. The molecule has 7 rings (SSSR count). The van der Waals surface area contributed by atoms with E-state index >= 15 is 0 Å². The van der Waals surface area contributed by atoms with Crippen LogP contribution in [0.5, 0.6) is 0 Å². The number of piperidine rings is 2. The molecule has 6 nitrogen and oxygen atoms in total. The highest BCUT2D eigenvalue weighted by Crippen LogP contribution is 2.75. The van der Waals surface area contributed by atoms with Gasteiger partial charge in [0, 0.05) is 30.2 Å². The van der Waals surface area contributed by atoms with Crippen LogP contribution in [0.2, 0.25) is 0 Å². The smallest absolute Gasteiger partial charge is 0.311 e. The minimum atomic E-state index is -0.520. The molecule has 0 aromatic heterocycles. The van der Waals surface area contributed by atoms with E-state index in [1.54, 1.807) is 0 Å². The molecule has 0 aromatic rings. The van der Waals surface area contributed by atoms with Gasteiger partial charge >= 0.3 is 11.9 Å². The van der Waals surface area contributed by atoms with Crippen LogP contribution >= 0.6 is 0 Å². The largest absolute Gasteiger partial charge is 0.465 e. The van der Waals surface area contributed by atoms with Gasteiger partial charge in [-0.05, 0) is 143 Å². The molecular formula is C42H65NO5. The third kappa shape index (κ3) is 5.05. The first-order valence-corrected chi connectivity index (χ1v) is 19.8. The van der Waals surface area contributed by atoms with Gasteiger partial charge in [-0.25, -0.2) is 0 Å². The first-order valence-electron chi connectivity index (χ1n) is 19.8. The fourth-order valence-electron chi connectivity index (χ4n) is 13.9. The first-order chi connectivity index (χ1) is 22.5. The number of rotatable bonds is 4. The predicted octanol–water partition coefficient (Wildman–Crippen LogP) is 8.71. The van der Waals surface area contributed by atoms with E-state index in [-0.39, 0.29) is 57.0 Å². The lowest BCUT2D eigenvalue weighted by atomic mass is 9.33. The summed E-state index contributed by atoms with van der Waals surface area (Å²) in [6, 6.07) is 0.577. The quantitative estimate of drug-likeness (QED) is 0.280. The SMILES string of the molecule is CC(=O)O[C@@H]1CC[C@]2(C)[C@H](CC[C@]3(C)[C@@H]2C(=O)C=C2[C@@H]4C[C@](C)(C(=O)OC[C@@H]5CCCN6CCCC[C@H]56)CC[C@@]4(C)CC[C@]23C)C1(C)C. The monoisotopic (exact) mass is 663 g/mol. The molecule has 0 unspecified atom stereocenters. The third-order valence-corrected chi connectivity index (χ3v) is 17.0. The molecule has 11 atom stereocenters. The summed E-state index contributed by atoms with van der Waals surface area (Å²) in [7, 11) is 0. The van der Waals surface area contributed by atoms with E-state index in [0.717, 1.165) is 57.8 Å². The van der Waals surface area contributed by atoms with Gasteiger partial charge in [0.25, 0.3) is 0 Å². The summed E-state index contributed by atoms with van der Waals surface area (Å²) in [6.07, 6.45) is 16.9. The van der Waals surface area contributed by atoms with Crippen LogP contribution in [0.4, 0.5) is 0 Å². The number of nitrogens with zero attached hydrogens (tertiary/aromatic N) is 1. The molecule has 0 N–H and O–H groups in total. The Morgan fingerprint density at radius 3 is 2.33 bits per heavy atom. The summed E-state index contributed by atoms with van der Waals surface area (Å²) in [4.78, 5) is 43.6. The van der Waals surface area contributed by atoms with Crippen LogP contribution in [0.1, 0.15) is 145 Å². The van der Waals surface area contributed by atoms with Crippen molar-refractivity contribution in [2.45, 2.75) is 157 Å². The minimum Gasteiger partial charge on any atom is -0.465 e. The molecular weight excluding hydrogens is 598 g/mol. The van der Waals surface area contributed by atoms with E-state index in [0.29, 0.717) is 30.3 Å². The Morgan fingerprint density at radius 1 is 0.854 bits per heavy atom. The van der Waals surface area contributed by atoms with E-state index in [1.165, 1.54) is 57.7 Å². The average Bonchev–Trinajstić information content (AvgIpc) is 3.03. The molecule has 6 heteroatoms. The zero-order valence-corrected chi connectivity index (χ0v) is 31.6. The van der Waals surface area contributed by atoms with Crippen LogP contribution < -0.4 is 0 Å². The Balaban J connectivity index is 1.15. The molecule has 2 aliphatic heterocycles. The molecule has 268 valence electrons. The second-order valence-corrected chi connectivity index (χ2v) is 19.8. The molecule has 2 saturated heterocycles. The number of hydrogen-bond acceptors (Lipinski definition) is 6. The van der Waals surface area contributed by atoms with Crippen molar-refractivity contribution in [3.05, 3.63) is 11.6 Å². The van der Waals surface area contributed by atoms with E-state index in [2.05, 4.69) is 59.4 Å². The van der Waals surface area contributed by atoms with Gasteiger partial charge in [-0.3, -0.25) is 19.3 Å². The molecule has 0 radical (unpaired) electrons. The van der Waals surface area contributed by atoms with Gasteiger partial charge in [0.05, 0.1) is 12.0 Å². The van der Waals surface area contributed by atoms with Gasteiger partial charge < -0.3 is 9.47 Å². The van der Waals surface area contributed by atoms with E-state index in [1.807, 2.05) is 0 Å². The number of carbonyl (C=O) groups excluding carboxylic acids is 3. The van der Waals surface area contributed by atoms with Gasteiger partial charge in [0.2, 0.25) is 0 Å². The fraction of sp³-hybridized carbons (Fsp3) is 0.881. The van der Waals surface area contributed by atoms with Crippen molar-refractivity contribution in [3.8, 4) is 0 Å². The highest BCUT2D eigenvalue weighted by Gasteiger charge is 2.70. The second kappa shape index (κ2) is 11.7. The maximum atomic E-state index is 14.8. The van der Waals surface area contributed by atoms with Crippen LogP contribution in [0.3, 0.4) is 0 Å².